The Morgan fingerprint density at radius 2 is 2.20 bits per heavy atom. The van der Waals surface area contributed by atoms with Crippen LogP contribution in [0.25, 0.3) is 0 Å². The van der Waals surface area contributed by atoms with Crippen molar-refractivity contribution in [3.63, 3.8) is 0 Å². The van der Waals surface area contributed by atoms with E-state index >= 15 is 0 Å². The molecule has 0 radical (unpaired) electrons. The molecule has 0 bridgehead atoms. The van der Waals surface area contributed by atoms with Crippen LogP contribution in [0.3, 0.4) is 0 Å². The number of esters is 1. The van der Waals surface area contributed by atoms with E-state index in [9.17, 15) is 4.79 Å². The zero-order chi connectivity index (χ0) is 14.7. The quantitative estimate of drug-likeness (QED) is 0.809. The molecule has 1 aromatic carbocycles. The Morgan fingerprint density at radius 3 is 2.90 bits per heavy atom. The zero-order valence-electron chi connectivity index (χ0n) is 11.1. The number of carbonyl (C=O) groups excluding carboxylic acids is 1. The van der Waals surface area contributed by atoms with Crippen molar-refractivity contribution in [1.82, 2.24) is 4.98 Å². The maximum atomic E-state index is 11.3. The molecule has 20 heavy (non-hydrogen) atoms. The summed E-state index contributed by atoms with van der Waals surface area (Å²) in [6.07, 6.45) is 0. The average Bonchev–Trinajstić information content (AvgIpc) is 2.89. The summed E-state index contributed by atoms with van der Waals surface area (Å²) in [5.74, 6) is -0.379. The van der Waals surface area contributed by atoms with Gasteiger partial charge in [-0.05, 0) is 52.7 Å². The van der Waals surface area contributed by atoms with E-state index in [4.69, 9.17) is 11.6 Å². The van der Waals surface area contributed by atoms with Crippen LogP contribution >= 0.6 is 27.5 Å². The molecule has 106 valence electrons. The average molecular weight is 358 g/mol. The Hall–Kier alpha value is -1.46. The molecule has 2 aromatic rings. The molecule has 0 fully saturated rings. The first-order valence-corrected chi connectivity index (χ1v) is 7.14. The Balaban J connectivity index is 2.07. The van der Waals surface area contributed by atoms with Crippen molar-refractivity contribution in [2.45, 2.75) is 13.5 Å². The van der Waals surface area contributed by atoms with E-state index in [2.05, 4.69) is 31.0 Å². The lowest BCUT2D eigenvalue weighted by Crippen LogP contribution is -2.04. The summed E-state index contributed by atoms with van der Waals surface area (Å²) in [4.78, 5) is 14.3. The van der Waals surface area contributed by atoms with Gasteiger partial charge in [0.1, 0.15) is 5.69 Å². The van der Waals surface area contributed by atoms with Crippen LogP contribution in [0.1, 0.15) is 21.7 Å². The smallest absolute Gasteiger partial charge is 0.354 e. The number of halogens is 2. The lowest BCUT2D eigenvalue weighted by atomic mass is 10.2. The third kappa shape index (κ3) is 3.35. The fraction of sp³-hybridized carbons (Fsp3) is 0.214. The number of hydrogen-bond donors (Lipinski definition) is 2. The summed E-state index contributed by atoms with van der Waals surface area (Å²) in [5.41, 5.74) is 3.23. The molecule has 2 N–H and O–H groups in total. The number of benzene rings is 1. The molecule has 0 saturated carbocycles. The number of ether oxygens (including phenoxy) is 1. The second kappa shape index (κ2) is 6.33. The van der Waals surface area contributed by atoms with Crippen molar-refractivity contribution in [3.05, 3.63) is 50.7 Å². The van der Waals surface area contributed by atoms with E-state index in [1.807, 2.05) is 25.1 Å². The van der Waals surface area contributed by atoms with E-state index in [1.54, 1.807) is 6.07 Å². The number of anilines is 1. The summed E-state index contributed by atoms with van der Waals surface area (Å²) in [6.45, 7) is 2.50. The predicted molar refractivity (Wildman–Crippen MR) is 83.3 cm³/mol. The van der Waals surface area contributed by atoms with Gasteiger partial charge in [0.25, 0.3) is 0 Å². The van der Waals surface area contributed by atoms with Crippen LogP contribution in [0.15, 0.2) is 28.7 Å². The summed E-state index contributed by atoms with van der Waals surface area (Å²) in [6, 6.07) is 7.35. The number of nitrogens with one attached hydrogen (secondary N) is 2. The number of hydrogen-bond acceptors (Lipinski definition) is 3. The lowest BCUT2D eigenvalue weighted by molar-refractivity contribution is 0.0594. The highest BCUT2D eigenvalue weighted by Gasteiger charge is 2.09. The number of aromatic nitrogens is 1. The van der Waals surface area contributed by atoms with E-state index in [-0.39, 0.29) is 5.97 Å². The SMILES string of the molecule is COC(=O)c1ccc(CNc2cc(Cl)c(C)cc2Br)[nH]1. The van der Waals surface area contributed by atoms with E-state index in [0.717, 1.165) is 21.4 Å². The van der Waals surface area contributed by atoms with Gasteiger partial charge in [-0.3, -0.25) is 0 Å². The summed E-state index contributed by atoms with van der Waals surface area (Å²) < 4.78 is 5.59. The molecule has 0 aliphatic heterocycles. The minimum Gasteiger partial charge on any atom is -0.464 e. The van der Waals surface area contributed by atoms with Gasteiger partial charge in [-0.2, -0.15) is 0 Å². The number of carbonyl (C=O) groups is 1. The molecule has 0 amide bonds. The standard InChI is InChI=1S/C14H14BrClN2O2/c1-8-5-10(15)13(6-11(8)16)17-7-9-3-4-12(18-9)14(19)20-2/h3-6,17-18H,7H2,1-2H3. The molecule has 1 heterocycles. The molecule has 0 aliphatic rings. The molecule has 6 heteroatoms. The fourth-order valence-electron chi connectivity index (χ4n) is 1.74. The molecular formula is C14H14BrClN2O2. The second-order valence-corrected chi connectivity index (χ2v) is 5.59. The van der Waals surface area contributed by atoms with Crippen LogP contribution in [0, 0.1) is 6.92 Å². The summed E-state index contributed by atoms with van der Waals surface area (Å²) in [7, 11) is 1.35. The van der Waals surface area contributed by atoms with Crippen LogP contribution in [0.2, 0.25) is 5.02 Å². The van der Waals surface area contributed by atoms with Gasteiger partial charge in [0.05, 0.1) is 19.3 Å². The van der Waals surface area contributed by atoms with Gasteiger partial charge >= 0.3 is 5.97 Å². The Morgan fingerprint density at radius 1 is 1.45 bits per heavy atom. The van der Waals surface area contributed by atoms with Crippen molar-refractivity contribution < 1.29 is 9.53 Å². The number of aromatic amines is 1. The van der Waals surface area contributed by atoms with Gasteiger partial charge in [0.2, 0.25) is 0 Å². The molecule has 0 spiro atoms. The van der Waals surface area contributed by atoms with Crippen LogP contribution < -0.4 is 5.32 Å². The third-order valence-electron chi connectivity index (χ3n) is 2.87. The largest absolute Gasteiger partial charge is 0.464 e. The van der Waals surface area contributed by atoms with Crippen molar-refractivity contribution in [2.75, 3.05) is 12.4 Å². The van der Waals surface area contributed by atoms with Crippen molar-refractivity contribution in [3.8, 4) is 0 Å². The normalized spacial score (nSPS) is 10.4. The first-order valence-electron chi connectivity index (χ1n) is 5.97. The highest BCUT2D eigenvalue weighted by atomic mass is 79.9. The molecule has 0 aliphatic carbocycles. The van der Waals surface area contributed by atoms with Crippen LogP contribution in [0.5, 0.6) is 0 Å². The first kappa shape index (κ1) is 14.9. The highest BCUT2D eigenvalue weighted by molar-refractivity contribution is 9.10. The van der Waals surface area contributed by atoms with Crippen molar-refractivity contribution in [2.24, 2.45) is 0 Å². The van der Waals surface area contributed by atoms with Crippen LogP contribution in [-0.2, 0) is 11.3 Å². The lowest BCUT2D eigenvalue weighted by Gasteiger charge is -2.10. The van der Waals surface area contributed by atoms with Gasteiger partial charge in [-0.1, -0.05) is 11.6 Å². The van der Waals surface area contributed by atoms with E-state index < -0.39 is 0 Å². The van der Waals surface area contributed by atoms with E-state index in [1.165, 1.54) is 7.11 Å². The maximum Gasteiger partial charge on any atom is 0.354 e. The maximum absolute atomic E-state index is 11.3. The molecule has 0 unspecified atom stereocenters. The van der Waals surface area contributed by atoms with Crippen molar-refractivity contribution in [1.29, 1.82) is 0 Å². The monoisotopic (exact) mass is 356 g/mol. The van der Waals surface area contributed by atoms with Gasteiger partial charge in [0, 0.05) is 15.2 Å². The highest BCUT2D eigenvalue weighted by Crippen LogP contribution is 2.29. The number of H-pyrrole nitrogens is 1. The zero-order valence-corrected chi connectivity index (χ0v) is 13.4. The second-order valence-electron chi connectivity index (χ2n) is 4.32. The Labute approximate surface area is 130 Å². The van der Waals surface area contributed by atoms with Gasteiger partial charge in [-0.25, -0.2) is 4.79 Å². The molecule has 4 nitrogen and oxygen atoms in total. The minimum atomic E-state index is -0.379. The Bertz CT molecular complexity index is 640. The molecular weight excluding hydrogens is 344 g/mol. The third-order valence-corrected chi connectivity index (χ3v) is 3.93. The molecule has 0 saturated heterocycles. The Kier molecular flexibility index (Phi) is 4.73. The number of aryl methyl sites for hydroxylation is 1. The van der Waals surface area contributed by atoms with Gasteiger partial charge in [-0.15, -0.1) is 0 Å². The first-order chi connectivity index (χ1) is 9.51. The summed E-state index contributed by atoms with van der Waals surface area (Å²) >= 11 is 9.59. The molecule has 0 atom stereocenters. The topological polar surface area (TPSA) is 54.1 Å². The molecule has 1 aromatic heterocycles. The van der Waals surface area contributed by atoms with Crippen LogP contribution in [0.4, 0.5) is 5.69 Å². The van der Waals surface area contributed by atoms with Gasteiger partial charge < -0.3 is 15.0 Å². The summed E-state index contributed by atoms with van der Waals surface area (Å²) in [5, 5.41) is 3.96. The van der Waals surface area contributed by atoms with Crippen molar-refractivity contribution >= 4 is 39.2 Å². The minimum absolute atomic E-state index is 0.379. The predicted octanol–water partition coefficient (Wildman–Crippen LogP) is 4.14. The number of methoxy groups -OCH3 is 1. The van der Waals surface area contributed by atoms with Gasteiger partial charge in [0.15, 0.2) is 0 Å². The van der Waals surface area contributed by atoms with Crippen LogP contribution in [-0.4, -0.2) is 18.1 Å². The number of rotatable bonds is 4. The molecule has 2 rings (SSSR count). The van der Waals surface area contributed by atoms with E-state index in [0.29, 0.717) is 17.3 Å². The fourth-order valence-corrected chi connectivity index (χ4v) is 2.51.